The predicted octanol–water partition coefficient (Wildman–Crippen LogP) is 3.73. The Labute approximate surface area is 128 Å². The van der Waals surface area contributed by atoms with E-state index in [0.29, 0.717) is 16.9 Å². The summed E-state index contributed by atoms with van der Waals surface area (Å²) in [6.07, 6.45) is 1.09. The van der Waals surface area contributed by atoms with Crippen LogP contribution in [-0.2, 0) is 0 Å². The van der Waals surface area contributed by atoms with E-state index in [1.807, 2.05) is 12.1 Å². The van der Waals surface area contributed by atoms with Crippen molar-refractivity contribution in [1.29, 1.82) is 0 Å². The molecule has 0 radical (unpaired) electrons. The van der Waals surface area contributed by atoms with E-state index in [1.165, 1.54) is 12.1 Å². The summed E-state index contributed by atoms with van der Waals surface area (Å²) in [5, 5.41) is 12.0. The fourth-order valence-electron chi connectivity index (χ4n) is 1.76. The van der Waals surface area contributed by atoms with Gasteiger partial charge in [-0.05, 0) is 54.6 Å². The quantitative estimate of drug-likeness (QED) is 0.581. The molecule has 4 N–H and O–H groups in total. The number of benzene rings is 2. The molecule has 0 bridgehead atoms. The minimum Gasteiger partial charge on any atom is -0.508 e. The van der Waals surface area contributed by atoms with Gasteiger partial charge in [0, 0.05) is 10.5 Å². The van der Waals surface area contributed by atoms with E-state index >= 15 is 0 Å². The number of rotatable bonds is 5. The molecule has 0 aliphatic heterocycles. The number of aromatic hydroxyl groups is 1. The van der Waals surface area contributed by atoms with Crippen LogP contribution in [0.15, 0.2) is 47.4 Å². The second-order valence-electron chi connectivity index (χ2n) is 4.60. The minimum atomic E-state index is -0.251. The average Bonchev–Trinajstić information content (AvgIpc) is 2.48. The molecular weight excluding hydrogens is 284 g/mol. The van der Waals surface area contributed by atoms with E-state index in [0.717, 1.165) is 17.1 Å². The molecule has 5 heteroatoms. The van der Waals surface area contributed by atoms with Gasteiger partial charge in [0.25, 0.3) is 5.91 Å². The van der Waals surface area contributed by atoms with E-state index in [9.17, 15) is 9.90 Å². The van der Waals surface area contributed by atoms with Crippen LogP contribution in [0.3, 0.4) is 0 Å². The Hall–Kier alpha value is -2.14. The molecular formula is C16H18N2O2S. The van der Waals surface area contributed by atoms with E-state index in [1.54, 1.807) is 30.0 Å². The Morgan fingerprint density at radius 1 is 1.24 bits per heavy atom. The number of phenolic OH excluding ortho intramolecular Hbond substituents is 1. The molecule has 0 atom stereocenters. The first-order valence-corrected chi connectivity index (χ1v) is 7.71. The summed E-state index contributed by atoms with van der Waals surface area (Å²) in [6, 6.07) is 11.7. The number of thioether (sulfide) groups is 1. The third-order valence-electron chi connectivity index (χ3n) is 2.88. The number of carbonyl (C=O) groups excluding carboxylic acids is 1. The van der Waals surface area contributed by atoms with Crippen LogP contribution in [-0.4, -0.2) is 16.8 Å². The van der Waals surface area contributed by atoms with Crippen molar-refractivity contribution in [3.8, 4) is 5.75 Å². The largest absolute Gasteiger partial charge is 0.508 e. The van der Waals surface area contributed by atoms with Gasteiger partial charge in [-0.25, -0.2) is 0 Å². The van der Waals surface area contributed by atoms with Gasteiger partial charge in [-0.15, -0.1) is 11.8 Å². The molecule has 0 fully saturated rings. The third-order valence-corrected chi connectivity index (χ3v) is 4.07. The van der Waals surface area contributed by atoms with E-state index in [4.69, 9.17) is 5.73 Å². The minimum absolute atomic E-state index is 0.129. The number of nitrogens with one attached hydrogen (secondary N) is 1. The Morgan fingerprint density at radius 2 is 1.95 bits per heavy atom. The van der Waals surface area contributed by atoms with Crippen molar-refractivity contribution in [2.75, 3.05) is 16.8 Å². The van der Waals surface area contributed by atoms with Gasteiger partial charge in [0.1, 0.15) is 5.75 Å². The smallest absolute Gasteiger partial charge is 0.255 e. The van der Waals surface area contributed by atoms with Crippen molar-refractivity contribution < 1.29 is 9.90 Å². The summed E-state index contributed by atoms with van der Waals surface area (Å²) in [5.41, 5.74) is 7.51. The standard InChI is InChI=1S/C16H18N2O2S/c1-2-9-21-13-7-8-14(17)15(10-13)18-16(20)11-3-5-12(19)6-4-11/h3-8,10,19H,2,9,17H2,1H3,(H,18,20). The van der Waals surface area contributed by atoms with Crippen LogP contribution in [0, 0.1) is 0 Å². The normalized spacial score (nSPS) is 10.3. The Bertz CT molecular complexity index is 627. The molecule has 1 amide bonds. The molecule has 0 aromatic heterocycles. The highest BCUT2D eigenvalue weighted by atomic mass is 32.2. The number of phenols is 1. The summed E-state index contributed by atoms with van der Waals surface area (Å²) < 4.78 is 0. The van der Waals surface area contributed by atoms with Gasteiger partial charge < -0.3 is 16.2 Å². The van der Waals surface area contributed by atoms with Crippen molar-refractivity contribution in [3.63, 3.8) is 0 Å². The Balaban J connectivity index is 2.14. The molecule has 0 spiro atoms. The fraction of sp³-hybridized carbons (Fsp3) is 0.188. The van der Waals surface area contributed by atoms with Gasteiger partial charge in [-0.3, -0.25) is 4.79 Å². The number of hydrogen-bond donors (Lipinski definition) is 3. The highest BCUT2D eigenvalue weighted by Crippen LogP contribution is 2.27. The maximum absolute atomic E-state index is 12.1. The number of amides is 1. The average molecular weight is 302 g/mol. The second kappa shape index (κ2) is 7.04. The Morgan fingerprint density at radius 3 is 2.62 bits per heavy atom. The third kappa shape index (κ3) is 4.16. The lowest BCUT2D eigenvalue weighted by Crippen LogP contribution is -2.13. The molecule has 21 heavy (non-hydrogen) atoms. The van der Waals surface area contributed by atoms with E-state index in [-0.39, 0.29) is 11.7 Å². The molecule has 0 aliphatic rings. The molecule has 2 aromatic rings. The van der Waals surface area contributed by atoms with Gasteiger partial charge in [0.15, 0.2) is 0 Å². The molecule has 110 valence electrons. The van der Waals surface area contributed by atoms with Gasteiger partial charge in [0.05, 0.1) is 11.4 Å². The molecule has 0 heterocycles. The molecule has 2 rings (SSSR count). The second-order valence-corrected chi connectivity index (χ2v) is 5.77. The van der Waals surface area contributed by atoms with E-state index in [2.05, 4.69) is 12.2 Å². The van der Waals surface area contributed by atoms with Gasteiger partial charge in [-0.1, -0.05) is 6.92 Å². The summed E-state index contributed by atoms with van der Waals surface area (Å²) in [4.78, 5) is 13.2. The molecule has 0 saturated carbocycles. The zero-order valence-electron chi connectivity index (χ0n) is 11.8. The highest BCUT2D eigenvalue weighted by Gasteiger charge is 2.09. The Kier molecular flexibility index (Phi) is 5.11. The summed E-state index contributed by atoms with van der Waals surface area (Å²) >= 11 is 1.73. The van der Waals surface area contributed by atoms with Crippen molar-refractivity contribution in [1.82, 2.24) is 0 Å². The maximum atomic E-state index is 12.1. The van der Waals surface area contributed by atoms with Gasteiger partial charge in [-0.2, -0.15) is 0 Å². The number of anilines is 2. The van der Waals surface area contributed by atoms with Crippen LogP contribution in [0.1, 0.15) is 23.7 Å². The number of hydrogen-bond acceptors (Lipinski definition) is 4. The number of nitrogens with two attached hydrogens (primary N) is 1. The highest BCUT2D eigenvalue weighted by molar-refractivity contribution is 7.99. The molecule has 2 aromatic carbocycles. The molecule has 0 saturated heterocycles. The zero-order valence-corrected chi connectivity index (χ0v) is 12.6. The number of nitrogen functional groups attached to an aromatic ring is 1. The molecule has 4 nitrogen and oxygen atoms in total. The SMILES string of the molecule is CCCSc1ccc(N)c(NC(=O)c2ccc(O)cc2)c1. The van der Waals surface area contributed by atoms with Crippen LogP contribution in [0.2, 0.25) is 0 Å². The van der Waals surface area contributed by atoms with E-state index < -0.39 is 0 Å². The first-order chi connectivity index (χ1) is 10.1. The van der Waals surface area contributed by atoms with Crippen molar-refractivity contribution in [2.24, 2.45) is 0 Å². The summed E-state index contributed by atoms with van der Waals surface area (Å²) in [6.45, 7) is 2.12. The van der Waals surface area contributed by atoms with Crippen molar-refractivity contribution in [2.45, 2.75) is 18.2 Å². The van der Waals surface area contributed by atoms with Gasteiger partial charge >= 0.3 is 0 Å². The van der Waals surface area contributed by atoms with Crippen molar-refractivity contribution >= 4 is 29.0 Å². The van der Waals surface area contributed by atoms with Crippen molar-refractivity contribution in [3.05, 3.63) is 48.0 Å². The fourth-order valence-corrected chi connectivity index (χ4v) is 2.57. The van der Waals surface area contributed by atoms with Crippen LogP contribution in [0.25, 0.3) is 0 Å². The van der Waals surface area contributed by atoms with Crippen LogP contribution in [0.5, 0.6) is 5.75 Å². The summed E-state index contributed by atoms with van der Waals surface area (Å²) in [7, 11) is 0. The monoisotopic (exact) mass is 302 g/mol. The zero-order chi connectivity index (χ0) is 15.2. The molecule has 0 unspecified atom stereocenters. The predicted molar refractivity (Wildman–Crippen MR) is 87.9 cm³/mol. The van der Waals surface area contributed by atoms with Crippen LogP contribution in [0.4, 0.5) is 11.4 Å². The first kappa shape index (κ1) is 15.3. The summed E-state index contributed by atoms with van der Waals surface area (Å²) in [5.74, 6) is 0.901. The van der Waals surface area contributed by atoms with Crippen LogP contribution >= 0.6 is 11.8 Å². The first-order valence-electron chi connectivity index (χ1n) is 6.73. The lowest BCUT2D eigenvalue weighted by atomic mass is 10.2. The van der Waals surface area contributed by atoms with Crippen LogP contribution < -0.4 is 11.1 Å². The lowest BCUT2D eigenvalue weighted by molar-refractivity contribution is 0.102. The topological polar surface area (TPSA) is 75.3 Å². The lowest BCUT2D eigenvalue weighted by Gasteiger charge is -2.10. The van der Waals surface area contributed by atoms with Gasteiger partial charge in [0.2, 0.25) is 0 Å². The molecule has 0 aliphatic carbocycles. The maximum Gasteiger partial charge on any atom is 0.255 e. The number of carbonyl (C=O) groups is 1.